The molecule has 0 aliphatic carbocycles. The minimum atomic E-state index is -0.249. The molecule has 9 nitrogen and oxygen atoms in total. The lowest BCUT2D eigenvalue weighted by molar-refractivity contribution is -0.127. The molecular formula is C23H36N6O3. The molecule has 1 atom stereocenters. The Balaban J connectivity index is 1.57. The molecule has 1 aromatic carbocycles. The predicted molar refractivity (Wildman–Crippen MR) is 126 cm³/mol. The normalized spacial score (nSPS) is 19.6. The number of para-hydroxylation sites is 1. The van der Waals surface area contributed by atoms with E-state index in [4.69, 9.17) is 4.74 Å². The topological polar surface area (TPSA) is 89.5 Å². The van der Waals surface area contributed by atoms with Crippen LogP contribution in [0.15, 0.2) is 35.3 Å². The summed E-state index contributed by atoms with van der Waals surface area (Å²) >= 11 is 0. The Morgan fingerprint density at radius 1 is 1.06 bits per heavy atom. The SMILES string of the molecule is CCOC(=O)N1CCC(NC(=NCC(=O)N(C)C)NC2CCN(c3ccccc3)C2)CC1. The third-order valence-electron chi connectivity index (χ3n) is 5.88. The van der Waals surface area contributed by atoms with Gasteiger partial charge in [0.1, 0.15) is 6.54 Å². The maximum absolute atomic E-state index is 12.1. The molecule has 1 unspecified atom stereocenters. The predicted octanol–water partition coefficient (Wildman–Crippen LogP) is 1.51. The lowest BCUT2D eigenvalue weighted by Crippen LogP contribution is -2.52. The summed E-state index contributed by atoms with van der Waals surface area (Å²) in [5.74, 6) is 0.621. The van der Waals surface area contributed by atoms with Crippen LogP contribution >= 0.6 is 0 Å². The number of likely N-dealkylation sites (tertiary alicyclic amines) is 1. The maximum Gasteiger partial charge on any atom is 0.409 e. The van der Waals surface area contributed by atoms with Gasteiger partial charge >= 0.3 is 6.09 Å². The summed E-state index contributed by atoms with van der Waals surface area (Å²) in [6, 6.07) is 10.8. The van der Waals surface area contributed by atoms with E-state index < -0.39 is 0 Å². The number of likely N-dealkylation sites (N-methyl/N-ethyl adjacent to an activating group) is 1. The number of hydrogen-bond acceptors (Lipinski definition) is 5. The molecule has 2 aliphatic heterocycles. The van der Waals surface area contributed by atoms with Crippen molar-refractivity contribution in [3.05, 3.63) is 30.3 Å². The molecule has 2 heterocycles. The Bertz CT molecular complexity index is 777. The average Bonchev–Trinajstić information content (AvgIpc) is 3.27. The summed E-state index contributed by atoms with van der Waals surface area (Å²) in [6.45, 7) is 5.45. The number of anilines is 1. The molecule has 32 heavy (non-hydrogen) atoms. The Hall–Kier alpha value is -2.97. The van der Waals surface area contributed by atoms with Crippen molar-refractivity contribution in [2.24, 2.45) is 4.99 Å². The number of rotatable bonds is 6. The lowest BCUT2D eigenvalue weighted by atomic mass is 10.1. The van der Waals surface area contributed by atoms with Gasteiger partial charge in [0, 0.05) is 58.0 Å². The monoisotopic (exact) mass is 444 g/mol. The Kier molecular flexibility index (Phi) is 8.58. The van der Waals surface area contributed by atoms with E-state index >= 15 is 0 Å². The van der Waals surface area contributed by atoms with E-state index in [-0.39, 0.29) is 30.6 Å². The number of guanidine groups is 1. The zero-order valence-corrected chi connectivity index (χ0v) is 19.4. The van der Waals surface area contributed by atoms with E-state index in [1.54, 1.807) is 23.9 Å². The van der Waals surface area contributed by atoms with Crippen molar-refractivity contribution >= 4 is 23.6 Å². The molecule has 0 saturated carbocycles. The second-order valence-corrected chi connectivity index (χ2v) is 8.47. The fourth-order valence-electron chi connectivity index (χ4n) is 3.98. The van der Waals surface area contributed by atoms with E-state index in [2.05, 4.69) is 44.8 Å². The summed E-state index contributed by atoms with van der Waals surface area (Å²) in [7, 11) is 3.47. The Labute approximate surface area is 190 Å². The highest BCUT2D eigenvalue weighted by Crippen LogP contribution is 2.19. The zero-order chi connectivity index (χ0) is 22.9. The zero-order valence-electron chi connectivity index (χ0n) is 19.4. The molecular weight excluding hydrogens is 408 g/mol. The summed E-state index contributed by atoms with van der Waals surface area (Å²) in [6.07, 6.45) is 2.36. The number of ether oxygens (including phenoxy) is 1. The Morgan fingerprint density at radius 2 is 1.72 bits per heavy atom. The molecule has 2 fully saturated rings. The number of benzene rings is 1. The van der Waals surface area contributed by atoms with Crippen LogP contribution in [-0.4, -0.2) is 93.3 Å². The molecule has 2 amide bonds. The second-order valence-electron chi connectivity index (χ2n) is 8.47. The number of aliphatic imine (C=N–C) groups is 1. The van der Waals surface area contributed by atoms with Crippen molar-refractivity contribution in [3.8, 4) is 0 Å². The van der Waals surface area contributed by atoms with Crippen molar-refractivity contribution in [1.82, 2.24) is 20.4 Å². The van der Waals surface area contributed by atoms with Crippen LogP contribution in [0.25, 0.3) is 0 Å². The molecule has 0 radical (unpaired) electrons. The van der Waals surface area contributed by atoms with Gasteiger partial charge in [-0.15, -0.1) is 0 Å². The number of piperidine rings is 1. The first kappa shape index (κ1) is 23.7. The van der Waals surface area contributed by atoms with Gasteiger partial charge in [0.25, 0.3) is 0 Å². The van der Waals surface area contributed by atoms with Crippen molar-refractivity contribution in [3.63, 3.8) is 0 Å². The fourth-order valence-corrected chi connectivity index (χ4v) is 3.98. The van der Waals surface area contributed by atoms with Crippen molar-refractivity contribution in [1.29, 1.82) is 0 Å². The molecule has 2 saturated heterocycles. The molecule has 0 spiro atoms. The molecule has 1 aromatic rings. The van der Waals surface area contributed by atoms with Crippen molar-refractivity contribution in [2.45, 2.75) is 38.3 Å². The summed E-state index contributed by atoms with van der Waals surface area (Å²) in [5.41, 5.74) is 1.22. The largest absolute Gasteiger partial charge is 0.450 e. The molecule has 2 N–H and O–H groups in total. The van der Waals surface area contributed by atoms with Gasteiger partial charge in [0.05, 0.1) is 6.61 Å². The minimum absolute atomic E-state index is 0.0411. The molecule has 3 rings (SSSR count). The quantitative estimate of drug-likeness (QED) is 0.511. The van der Waals surface area contributed by atoms with Gasteiger partial charge in [-0.05, 0) is 38.3 Å². The minimum Gasteiger partial charge on any atom is -0.450 e. The number of carbonyl (C=O) groups excluding carboxylic acids is 2. The number of hydrogen-bond donors (Lipinski definition) is 2. The van der Waals surface area contributed by atoms with Crippen LogP contribution < -0.4 is 15.5 Å². The van der Waals surface area contributed by atoms with Crippen LogP contribution in [0.1, 0.15) is 26.2 Å². The van der Waals surface area contributed by atoms with Gasteiger partial charge in [-0.2, -0.15) is 0 Å². The van der Waals surface area contributed by atoms with Crippen LogP contribution in [0.3, 0.4) is 0 Å². The van der Waals surface area contributed by atoms with Crippen LogP contribution in [0.2, 0.25) is 0 Å². The summed E-state index contributed by atoms with van der Waals surface area (Å²) in [5, 5.41) is 7.03. The number of amides is 2. The molecule has 0 aromatic heterocycles. The van der Waals surface area contributed by atoms with Crippen molar-refractivity contribution in [2.75, 3.05) is 58.3 Å². The van der Waals surface area contributed by atoms with E-state index in [0.717, 1.165) is 32.4 Å². The first-order chi connectivity index (χ1) is 15.5. The number of carbonyl (C=O) groups is 2. The third-order valence-corrected chi connectivity index (χ3v) is 5.88. The Morgan fingerprint density at radius 3 is 2.38 bits per heavy atom. The highest BCUT2D eigenvalue weighted by molar-refractivity contribution is 5.85. The lowest BCUT2D eigenvalue weighted by Gasteiger charge is -2.33. The molecule has 176 valence electrons. The van der Waals surface area contributed by atoms with E-state index in [1.165, 1.54) is 5.69 Å². The van der Waals surface area contributed by atoms with Gasteiger partial charge in [0.15, 0.2) is 5.96 Å². The van der Waals surface area contributed by atoms with E-state index in [0.29, 0.717) is 25.7 Å². The maximum atomic E-state index is 12.1. The molecule has 0 bridgehead atoms. The van der Waals surface area contributed by atoms with Gasteiger partial charge in [0.2, 0.25) is 5.91 Å². The van der Waals surface area contributed by atoms with Gasteiger partial charge in [-0.25, -0.2) is 9.79 Å². The van der Waals surface area contributed by atoms with Crippen LogP contribution in [-0.2, 0) is 9.53 Å². The second kappa shape index (κ2) is 11.6. The molecule has 2 aliphatic rings. The fraction of sp³-hybridized carbons (Fsp3) is 0.609. The van der Waals surface area contributed by atoms with Crippen LogP contribution in [0, 0.1) is 0 Å². The molecule has 9 heteroatoms. The number of nitrogens with one attached hydrogen (secondary N) is 2. The summed E-state index contributed by atoms with van der Waals surface area (Å²) in [4.78, 5) is 34.3. The van der Waals surface area contributed by atoms with Crippen molar-refractivity contribution < 1.29 is 14.3 Å². The van der Waals surface area contributed by atoms with Gasteiger partial charge in [-0.3, -0.25) is 4.79 Å². The highest BCUT2D eigenvalue weighted by atomic mass is 16.6. The van der Waals surface area contributed by atoms with E-state index in [1.807, 2.05) is 13.0 Å². The third kappa shape index (κ3) is 6.77. The first-order valence-electron chi connectivity index (χ1n) is 11.5. The smallest absolute Gasteiger partial charge is 0.409 e. The standard InChI is InChI=1S/C23H36N6O3/c1-4-32-23(31)28-13-10-18(11-14-28)25-22(24-16-21(30)27(2)3)26-19-12-15-29(17-19)20-8-6-5-7-9-20/h5-9,18-19H,4,10-17H2,1-3H3,(H2,24,25,26). The average molecular weight is 445 g/mol. The van der Waals surface area contributed by atoms with Gasteiger partial charge in [-0.1, -0.05) is 18.2 Å². The van der Waals surface area contributed by atoms with Crippen LogP contribution in [0.5, 0.6) is 0 Å². The van der Waals surface area contributed by atoms with Gasteiger partial charge < -0.3 is 30.1 Å². The first-order valence-corrected chi connectivity index (χ1v) is 11.5. The summed E-state index contributed by atoms with van der Waals surface area (Å²) < 4.78 is 5.10. The number of nitrogens with zero attached hydrogens (tertiary/aromatic N) is 4. The van der Waals surface area contributed by atoms with Crippen LogP contribution in [0.4, 0.5) is 10.5 Å². The highest BCUT2D eigenvalue weighted by Gasteiger charge is 2.27. The van der Waals surface area contributed by atoms with E-state index in [9.17, 15) is 9.59 Å².